The number of benzene rings is 1. The van der Waals surface area contributed by atoms with E-state index in [9.17, 15) is 40.1 Å². The summed E-state index contributed by atoms with van der Waals surface area (Å²) in [7, 11) is 0. The minimum Gasteiger partial charge on any atom is -0.507 e. The Morgan fingerprint density at radius 2 is 1.88 bits per heavy atom. The van der Waals surface area contributed by atoms with Gasteiger partial charge in [0, 0.05) is 11.1 Å². The topological polar surface area (TPSA) is 170 Å². The lowest BCUT2D eigenvalue weighted by atomic mass is 9.75. The lowest BCUT2D eigenvalue weighted by molar-refractivity contribution is -0.205. The van der Waals surface area contributed by atoms with E-state index in [1.54, 1.807) is 6.19 Å². The zero-order chi connectivity index (χ0) is 23.7. The molecule has 4 unspecified atom stereocenters. The summed E-state index contributed by atoms with van der Waals surface area (Å²) in [5.74, 6) is -3.50. The number of carbonyl (C=O) groups excluding carboxylic acids is 3. The predicted octanol–water partition coefficient (Wildman–Crippen LogP) is 0.697. The quantitative estimate of drug-likeness (QED) is 0.419. The van der Waals surface area contributed by atoms with Crippen LogP contribution in [0.1, 0.15) is 76.2 Å². The number of aromatic nitrogens is 1. The average Bonchev–Trinajstić information content (AvgIpc) is 3.08. The monoisotopic (exact) mass is 440 g/mol. The first-order chi connectivity index (χ1) is 14.9. The van der Waals surface area contributed by atoms with E-state index in [4.69, 9.17) is 4.74 Å². The summed E-state index contributed by atoms with van der Waals surface area (Å²) < 4.78 is 6.11. The first-order valence-electron chi connectivity index (χ1n) is 9.84. The number of esters is 1. The van der Waals surface area contributed by atoms with Gasteiger partial charge < -0.3 is 25.2 Å². The van der Waals surface area contributed by atoms with Crippen molar-refractivity contribution in [3.05, 3.63) is 51.8 Å². The number of fused-ring (bicyclic) bond motifs is 4. The van der Waals surface area contributed by atoms with Crippen molar-refractivity contribution < 1.29 is 39.5 Å². The largest absolute Gasteiger partial charge is 0.507 e. The van der Waals surface area contributed by atoms with Crippen molar-refractivity contribution in [2.24, 2.45) is 5.92 Å². The van der Waals surface area contributed by atoms with Crippen LogP contribution in [0.4, 0.5) is 0 Å². The minimum absolute atomic E-state index is 0.143. The van der Waals surface area contributed by atoms with Gasteiger partial charge in [0.25, 0.3) is 0 Å². The van der Waals surface area contributed by atoms with E-state index < -0.39 is 58.8 Å². The number of aliphatic hydroxyl groups is 3. The molecule has 4 N–H and O–H groups in total. The number of phenols is 1. The smallest absolute Gasteiger partial charge is 0.309 e. The molecule has 0 bridgehead atoms. The second-order valence-corrected chi connectivity index (χ2v) is 8.40. The molecule has 2 aliphatic carbocycles. The lowest BCUT2D eigenvalue weighted by Crippen LogP contribution is -2.53. The number of aliphatic hydroxyl groups excluding tert-OH is 2. The number of hydrogen-bond acceptors (Lipinski definition) is 9. The zero-order valence-electron chi connectivity index (χ0n) is 17.4. The Balaban J connectivity index is 2.07. The number of rotatable bonds is 2. The van der Waals surface area contributed by atoms with E-state index in [1.165, 1.54) is 32.0 Å². The van der Waals surface area contributed by atoms with Gasteiger partial charge in [-0.15, -0.1) is 0 Å². The maximum atomic E-state index is 13.3. The molecule has 0 saturated heterocycles. The molecule has 1 heterocycles. The molecule has 0 fully saturated rings. The maximum Gasteiger partial charge on any atom is 0.309 e. The van der Waals surface area contributed by atoms with Crippen LogP contribution in [0.25, 0.3) is 0 Å². The van der Waals surface area contributed by atoms with Gasteiger partial charge in [-0.2, -0.15) is 5.26 Å². The number of nitriles is 1. The Kier molecular flexibility index (Phi) is 4.74. The standard InChI is InChI=1S/C22H20N2O8/c1-8(2)21(30)32-20-15-13(18(28)19(29)22(20,3)31)12-14(24(15)7-23)17(27)11-9(16(12)26)5-4-6-10(11)25/h4-6,8,18-20,25,28-29,31H,1-3H3. The Hall–Kier alpha value is -3.52. The van der Waals surface area contributed by atoms with Crippen LogP contribution in [0.15, 0.2) is 18.2 Å². The number of carbonyl (C=O) groups is 3. The van der Waals surface area contributed by atoms with Crippen molar-refractivity contribution in [1.82, 2.24) is 4.57 Å². The van der Waals surface area contributed by atoms with Crippen LogP contribution in [0, 0.1) is 17.4 Å². The van der Waals surface area contributed by atoms with Crippen molar-refractivity contribution in [3.8, 4) is 11.9 Å². The summed E-state index contributed by atoms with van der Waals surface area (Å²) in [5.41, 5.74) is -4.08. The summed E-state index contributed by atoms with van der Waals surface area (Å²) >= 11 is 0. The molecule has 0 radical (unpaired) electrons. The van der Waals surface area contributed by atoms with Crippen LogP contribution in [-0.2, 0) is 9.53 Å². The molecule has 10 nitrogen and oxygen atoms in total. The zero-order valence-corrected chi connectivity index (χ0v) is 17.4. The number of ether oxygens (including phenoxy) is 1. The van der Waals surface area contributed by atoms with E-state index >= 15 is 0 Å². The van der Waals surface area contributed by atoms with Crippen LogP contribution >= 0.6 is 0 Å². The van der Waals surface area contributed by atoms with Gasteiger partial charge in [0.2, 0.25) is 5.78 Å². The number of hydrogen-bond donors (Lipinski definition) is 4. The van der Waals surface area contributed by atoms with Crippen molar-refractivity contribution >= 4 is 17.5 Å². The van der Waals surface area contributed by atoms with Gasteiger partial charge >= 0.3 is 5.97 Å². The van der Waals surface area contributed by atoms with E-state index in [0.29, 0.717) is 4.57 Å². The van der Waals surface area contributed by atoms with Gasteiger partial charge in [0.15, 0.2) is 18.1 Å². The molecule has 1 aromatic heterocycles. The van der Waals surface area contributed by atoms with Crippen LogP contribution in [0.5, 0.6) is 5.75 Å². The SMILES string of the molecule is CC(C)C(=O)OC1c2c(c3c(n2C#N)C(=O)c2c(O)cccc2C3=O)C(O)C(O)C1(C)O. The van der Waals surface area contributed by atoms with Crippen molar-refractivity contribution in [3.63, 3.8) is 0 Å². The molecule has 166 valence electrons. The fraction of sp³-hybridized carbons (Fsp3) is 0.364. The fourth-order valence-corrected chi connectivity index (χ4v) is 4.27. The van der Waals surface area contributed by atoms with Gasteiger partial charge in [0.1, 0.15) is 29.3 Å². The number of aromatic hydroxyl groups is 1. The molecule has 4 atom stereocenters. The second kappa shape index (κ2) is 7.00. The van der Waals surface area contributed by atoms with Crippen LogP contribution < -0.4 is 0 Å². The highest BCUT2D eigenvalue weighted by Gasteiger charge is 2.57. The van der Waals surface area contributed by atoms with Gasteiger partial charge in [-0.05, 0) is 13.0 Å². The fourth-order valence-electron chi connectivity index (χ4n) is 4.27. The highest BCUT2D eigenvalue weighted by atomic mass is 16.6. The summed E-state index contributed by atoms with van der Waals surface area (Å²) in [6, 6.07) is 3.89. The first kappa shape index (κ1) is 21.7. The third-order valence-electron chi connectivity index (χ3n) is 5.98. The van der Waals surface area contributed by atoms with Gasteiger partial charge in [-0.3, -0.25) is 14.4 Å². The molecular weight excluding hydrogens is 420 g/mol. The number of ketones is 2. The molecular formula is C22H20N2O8. The maximum absolute atomic E-state index is 13.3. The first-order valence-corrected chi connectivity index (χ1v) is 9.84. The molecule has 10 heteroatoms. The molecule has 2 aliphatic rings. The van der Waals surface area contributed by atoms with E-state index in [2.05, 4.69) is 0 Å². The highest BCUT2D eigenvalue weighted by Crippen LogP contribution is 2.50. The Labute approximate surface area is 181 Å². The Bertz CT molecular complexity index is 1230. The summed E-state index contributed by atoms with van der Waals surface area (Å²) in [6.45, 7) is 4.18. The summed E-state index contributed by atoms with van der Waals surface area (Å²) in [5, 5.41) is 52.4. The third-order valence-corrected chi connectivity index (χ3v) is 5.98. The molecule has 1 aromatic carbocycles. The molecule has 0 spiro atoms. The van der Waals surface area contributed by atoms with Gasteiger partial charge in [-0.25, -0.2) is 4.57 Å². The van der Waals surface area contributed by atoms with E-state index in [-0.39, 0.29) is 27.9 Å². The van der Waals surface area contributed by atoms with Crippen molar-refractivity contribution in [2.75, 3.05) is 0 Å². The Morgan fingerprint density at radius 1 is 1.22 bits per heavy atom. The lowest BCUT2D eigenvalue weighted by Gasteiger charge is -2.42. The second-order valence-electron chi connectivity index (χ2n) is 8.40. The molecule has 4 rings (SSSR count). The van der Waals surface area contributed by atoms with Crippen molar-refractivity contribution in [2.45, 2.75) is 44.7 Å². The molecule has 0 aliphatic heterocycles. The predicted molar refractivity (Wildman–Crippen MR) is 106 cm³/mol. The van der Waals surface area contributed by atoms with Crippen LogP contribution in [-0.4, -0.2) is 54.2 Å². The van der Waals surface area contributed by atoms with Crippen LogP contribution in [0.2, 0.25) is 0 Å². The van der Waals surface area contributed by atoms with Crippen molar-refractivity contribution in [1.29, 1.82) is 5.26 Å². The highest BCUT2D eigenvalue weighted by molar-refractivity contribution is 6.29. The summed E-state index contributed by atoms with van der Waals surface area (Å²) in [4.78, 5) is 38.9. The third kappa shape index (κ3) is 2.65. The average molecular weight is 440 g/mol. The molecule has 2 aromatic rings. The number of nitrogens with zero attached hydrogens (tertiary/aromatic N) is 2. The number of phenolic OH excluding ortho intramolecular Hbond substituents is 1. The van der Waals surface area contributed by atoms with Gasteiger partial charge in [-0.1, -0.05) is 26.0 Å². The molecule has 0 saturated carbocycles. The Morgan fingerprint density at radius 3 is 2.47 bits per heavy atom. The van der Waals surface area contributed by atoms with Crippen LogP contribution in [0.3, 0.4) is 0 Å². The van der Waals surface area contributed by atoms with E-state index in [1.807, 2.05) is 0 Å². The van der Waals surface area contributed by atoms with E-state index in [0.717, 1.165) is 6.92 Å². The van der Waals surface area contributed by atoms with Gasteiger partial charge in [0.05, 0.1) is 22.7 Å². The summed E-state index contributed by atoms with van der Waals surface area (Å²) in [6.07, 6.45) is -3.71. The minimum atomic E-state index is -2.26. The molecule has 32 heavy (non-hydrogen) atoms. The normalized spacial score (nSPS) is 26.2. The molecule has 0 amide bonds.